The first-order chi connectivity index (χ1) is 4.42. The zero-order chi connectivity index (χ0) is 8.20. The Kier molecular flexibility index (Phi) is 3.80. The van der Waals surface area contributed by atoms with Crippen LogP contribution in [0.15, 0.2) is 0 Å². The van der Waals surface area contributed by atoms with Gasteiger partial charge in [0.25, 0.3) is 10.2 Å². The van der Waals surface area contributed by atoms with Crippen molar-refractivity contribution in [2.24, 2.45) is 10.9 Å². The van der Waals surface area contributed by atoms with Crippen molar-refractivity contribution in [2.75, 3.05) is 6.54 Å². The van der Waals surface area contributed by atoms with Gasteiger partial charge in [-0.2, -0.15) is 8.42 Å². The maximum atomic E-state index is 10.2. The van der Waals surface area contributed by atoms with E-state index in [9.17, 15) is 8.42 Å². The van der Waals surface area contributed by atoms with Crippen molar-refractivity contribution in [1.82, 2.24) is 4.72 Å². The summed E-state index contributed by atoms with van der Waals surface area (Å²) in [5.74, 6) is 0. The van der Waals surface area contributed by atoms with Crippen molar-refractivity contribution in [3.8, 4) is 0 Å². The fourth-order valence-electron chi connectivity index (χ4n) is 0.429. The normalized spacial score (nSPS) is 15.1. The third-order valence-electron chi connectivity index (χ3n) is 0.903. The first kappa shape index (κ1) is 9.83. The summed E-state index contributed by atoms with van der Waals surface area (Å²) in [5, 5.41) is 4.64. The maximum Gasteiger partial charge on any atom is 0.274 e. The van der Waals surface area contributed by atoms with Crippen molar-refractivity contribution in [3.05, 3.63) is 0 Å². The number of rotatable bonds is 4. The molecular formula is C4H13N3O2S. The highest BCUT2D eigenvalue weighted by atomic mass is 32.2. The zero-order valence-electron chi connectivity index (χ0n) is 5.87. The van der Waals surface area contributed by atoms with Gasteiger partial charge in [0.15, 0.2) is 0 Å². The lowest BCUT2D eigenvalue weighted by Crippen LogP contribution is -2.33. The van der Waals surface area contributed by atoms with Gasteiger partial charge in [-0.1, -0.05) is 0 Å². The van der Waals surface area contributed by atoms with Crippen LogP contribution < -0.4 is 15.6 Å². The van der Waals surface area contributed by atoms with Crippen LogP contribution in [-0.4, -0.2) is 21.0 Å². The maximum absolute atomic E-state index is 10.2. The molecular weight excluding hydrogens is 154 g/mol. The van der Waals surface area contributed by atoms with Gasteiger partial charge in [-0.05, 0) is 13.3 Å². The Hall–Kier alpha value is -0.170. The van der Waals surface area contributed by atoms with Crippen LogP contribution in [0.2, 0.25) is 0 Å². The van der Waals surface area contributed by atoms with Gasteiger partial charge in [0.1, 0.15) is 0 Å². The minimum absolute atomic E-state index is 0.00532. The van der Waals surface area contributed by atoms with Crippen LogP contribution in [0.1, 0.15) is 13.3 Å². The predicted octanol–water partition coefficient (Wildman–Crippen LogP) is -1.48. The van der Waals surface area contributed by atoms with Crippen molar-refractivity contribution >= 4 is 10.2 Å². The van der Waals surface area contributed by atoms with Gasteiger partial charge in [-0.15, -0.1) is 0 Å². The summed E-state index contributed by atoms with van der Waals surface area (Å²) in [6, 6.07) is -0.00532. The van der Waals surface area contributed by atoms with Crippen molar-refractivity contribution < 1.29 is 8.42 Å². The van der Waals surface area contributed by atoms with Gasteiger partial charge in [0.2, 0.25) is 0 Å². The minimum Gasteiger partial charge on any atom is -0.328 e. The fraction of sp³-hybridized carbons (Fsp3) is 1.00. The van der Waals surface area contributed by atoms with E-state index in [1.807, 2.05) is 0 Å². The van der Waals surface area contributed by atoms with Gasteiger partial charge in [-0.25, -0.2) is 9.86 Å². The average molecular weight is 167 g/mol. The van der Waals surface area contributed by atoms with E-state index in [-0.39, 0.29) is 6.04 Å². The molecule has 0 saturated heterocycles. The molecule has 0 amide bonds. The predicted molar refractivity (Wildman–Crippen MR) is 39.4 cm³/mol. The zero-order valence-corrected chi connectivity index (χ0v) is 6.69. The van der Waals surface area contributed by atoms with Crippen LogP contribution in [-0.2, 0) is 10.2 Å². The van der Waals surface area contributed by atoms with E-state index in [4.69, 9.17) is 5.73 Å². The summed E-state index contributed by atoms with van der Waals surface area (Å²) < 4.78 is 22.6. The van der Waals surface area contributed by atoms with Crippen LogP contribution in [0.4, 0.5) is 0 Å². The molecule has 6 heteroatoms. The highest BCUT2D eigenvalue weighted by molar-refractivity contribution is 7.87. The topological polar surface area (TPSA) is 98.2 Å². The van der Waals surface area contributed by atoms with Crippen LogP contribution in [0.5, 0.6) is 0 Å². The molecule has 0 aromatic heterocycles. The van der Waals surface area contributed by atoms with E-state index in [0.717, 1.165) is 0 Å². The third kappa shape index (κ3) is 7.83. The highest BCUT2D eigenvalue weighted by Crippen LogP contribution is 1.82. The second-order valence-electron chi connectivity index (χ2n) is 2.21. The lowest BCUT2D eigenvalue weighted by Gasteiger charge is -2.03. The Bertz CT molecular complexity index is 175. The quantitative estimate of drug-likeness (QED) is 0.476. The lowest BCUT2D eigenvalue weighted by molar-refractivity contribution is 0.573. The summed E-state index contributed by atoms with van der Waals surface area (Å²) in [4.78, 5) is 0. The summed E-state index contributed by atoms with van der Waals surface area (Å²) in [5.41, 5.74) is 5.35. The Morgan fingerprint density at radius 3 is 2.40 bits per heavy atom. The molecule has 0 radical (unpaired) electrons. The van der Waals surface area contributed by atoms with E-state index in [1.54, 1.807) is 6.92 Å². The Morgan fingerprint density at radius 2 is 2.10 bits per heavy atom. The molecule has 0 aliphatic carbocycles. The number of hydrogen-bond acceptors (Lipinski definition) is 3. The van der Waals surface area contributed by atoms with Crippen LogP contribution in [0.3, 0.4) is 0 Å². The molecule has 0 aliphatic heterocycles. The molecule has 0 aliphatic rings. The Balaban J connectivity index is 3.39. The van der Waals surface area contributed by atoms with Gasteiger partial charge in [-0.3, -0.25) is 0 Å². The largest absolute Gasteiger partial charge is 0.328 e. The smallest absolute Gasteiger partial charge is 0.274 e. The third-order valence-corrected chi connectivity index (χ3v) is 1.51. The molecule has 1 atom stereocenters. The van der Waals surface area contributed by atoms with E-state index in [0.29, 0.717) is 13.0 Å². The summed E-state index contributed by atoms with van der Waals surface area (Å²) in [7, 11) is -3.53. The van der Waals surface area contributed by atoms with E-state index >= 15 is 0 Å². The average Bonchev–Trinajstić information content (AvgIpc) is 1.59. The van der Waals surface area contributed by atoms with Crippen LogP contribution in [0, 0.1) is 0 Å². The number of nitrogens with one attached hydrogen (secondary N) is 1. The van der Waals surface area contributed by atoms with Gasteiger partial charge < -0.3 is 5.73 Å². The fourth-order valence-corrected chi connectivity index (χ4v) is 0.831. The molecule has 0 saturated carbocycles. The lowest BCUT2D eigenvalue weighted by atomic mass is 10.3. The monoisotopic (exact) mass is 167 g/mol. The highest BCUT2D eigenvalue weighted by Gasteiger charge is 2.00. The van der Waals surface area contributed by atoms with E-state index in [2.05, 4.69) is 9.86 Å². The first-order valence-electron chi connectivity index (χ1n) is 2.95. The molecule has 0 bridgehead atoms. The van der Waals surface area contributed by atoms with Crippen LogP contribution in [0.25, 0.3) is 0 Å². The van der Waals surface area contributed by atoms with Gasteiger partial charge in [0, 0.05) is 12.6 Å². The number of nitrogens with two attached hydrogens (primary N) is 2. The molecule has 0 spiro atoms. The van der Waals surface area contributed by atoms with E-state index in [1.165, 1.54) is 0 Å². The Morgan fingerprint density at radius 1 is 1.60 bits per heavy atom. The summed E-state index contributed by atoms with van der Waals surface area (Å²) in [6.45, 7) is 2.10. The molecule has 0 aromatic rings. The van der Waals surface area contributed by atoms with E-state index < -0.39 is 10.2 Å². The van der Waals surface area contributed by atoms with Crippen LogP contribution >= 0.6 is 0 Å². The van der Waals surface area contributed by atoms with Gasteiger partial charge >= 0.3 is 0 Å². The number of hydrogen-bond donors (Lipinski definition) is 3. The van der Waals surface area contributed by atoms with Gasteiger partial charge in [0.05, 0.1) is 0 Å². The SMILES string of the molecule is CC(N)CCNS(N)(=O)=O. The molecule has 5 nitrogen and oxygen atoms in total. The molecule has 0 aromatic carbocycles. The van der Waals surface area contributed by atoms with Crippen molar-refractivity contribution in [2.45, 2.75) is 19.4 Å². The molecule has 62 valence electrons. The van der Waals surface area contributed by atoms with Crippen molar-refractivity contribution in [1.29, 1.82) is 0 Å². The molecule has 10 heavy (non-hydrogen) atoms. The summed E-state index contributed by atoms with van der Waals surface area (Å²) >= 11 is 0. The molecule has 0 fully saturated rings. The second kappa shape index (κ2) is 3.87. The molecule has 1 unspecified atom stereocenters. The second-order valence-corrected chi connectivity index (χ2v) is 3.58. The van der Waals surface area contributed by atoms with Crippen molar-refractivity contribution in [3.63, 3.8) is 0 Å². The standard InChI is InChI=1S/C4H13N3O2S/c1-4(5)2-3-7-10(6,8)9/h4,7H,2-3,5H2,1H3,(H2,6,8,9). The molecule has 0 heterocycles. The summed E-state index contributed by atoms with van der Waals surface area (Å²) in [6.07, 6.45) is 0.594. The minimum atomic E-state index is -3.53. The first-order valence-corrected chi connectivity index (χ1v) is 4.49. The Labute approximate surface area is 61.0 Å². The molecule has 5 N–H and O–H groups in total. The molecule has 0 rings (SSSR count).